The summed E-state index contributed by atoms with van der Waals surface area (Å²) in [5.74, 6) is 5.93. The molecule has 0 bridgehead atoms. The van der Waals surface area contributed by atoms with Gasteiger partial charge in [0.1, 0.15) is 17.4 Å². The van der Waals surface area contributed by atoms with Gasteiger partial charge < -0.3 is 20.1 Å². The first-order valence-corrected chi connectivity index (χ1v) is 13.8. The molecule has 4 aromatic rings. The van der Waals surface area contributed by atoms with E-state index in [0.717, 1.165) is 29.5 Å². The number of aliphatic hydroxyl groups excluding tert-OH is 1. The van der Waals surface area contributed by atoms with E-state index in [4.69, 9.17) is 11.6 Å². The van der Waals surface area contributed by atoms with Crippen molar-refractivity contribution in [1.29, 1.82) is 0 Å². The predicted octanol–water partition coefficient (Wildman–Crippen LogP) is 7.15. The number of hydrazine groups is 1. The number of imidazole rings is 1. The number of benzene rings is 3. The molecule has 0 aliphatic heterocycles. The molecule has 0 spiro atoms. The highest BCUT2D eigenvalue weighted by molar-refractivity contribution is 7.99. The Morgan fingerprint density at radius 2 is 1.73 bits per heavy atom. The molecule has 234 valence electrons. The molecule has 0 radical (unpaired) electrons. The molecule has 7 nitrogen and oxygen atoms in total. The normalized spacial score (nSPS) is 12.5. The minimum atomic E-state index is -4.91. The molecule has 0 unspecified atom stereocenters. The number of hydrogen-bond donors (Lipinski definition) is 3. The fraction of sp³-hybridized carbons (Fsp3) is 0.207. The molecular formula is C29H26F7N5O2S. The monoisotopic (exact) mass is 641 g/mol. The average Bonchev–Trinajstić information content (AvgIpc) is 3.35. The molecular weight excluding hydrogens is 615 g/mol. The van der Waals surface area contributed by atoms with Crippen molar-refractivity contribution in [3.8, 4) is 22.6 Å². The van der Waals surface area contributed by atoms with Crippen LogP contribution in [0.4, 0.5) is 36.4 Å². The molecule has 44 heavy (non-hydrogen) atoms. The van der Waals surface area contributed by atoms with Crippen molar-refractivity contribution in [2.45, 2.75) is 37.9 Å². The molecule has 0 fully saturated rings. The molecule has 1 aromatic heterocycles. The van der Waals surface area contributed by atoms with Crippen molar-refractivity contribution in [2.24, 2.45) is 11.6 Å². The summed E-state index contributed by atoms with van der Waals surface area (Å²) in [6.07, 6.45) is -7.78. The molecule has 0 saturated carbocycles. The van der Waals surface area contributed by atoms with Gasteiger partial charge in [0.15, 0.2) is 5.69 Å². The van der Waals surface area contributed by atoms with Crippen LogP contribution in [0.15, 0.2) is 71.9 Å². The molecule has 3 aromatic carbocycles. The summed E-state index contributed by atoms with van der Waals surface area (Å²) >= 11 is 1.32. The molecule has 5 N–H and O–H groups in total. The minimum Gasteiger partial charge on any atom is -0.406 e. The standard InChI is InChI=1S/C29H26F7N5O2S/c1-3-44-26-12-19(10-22(30)21(26)15-42)18-6-9-23(40-14-27(28(31,32)33)39-16(40)2)24(11-18)41(38)25(13-37)17-4-7-20(8-5-17)43-29(34,35)36/h4-14,42H,3,15,37-38H2,1-2H3/b25-13-. The fourth-order valence-electron chi connectivity index (χ4n) is 4.44. The minimum absolute atomic E-state index is 0.0216. The number of aryl methyl sites for hydroxylation is 1. The van der Waals surface area contributed by atoms with Crippen LogP contribution in [0.1, 0.15) is 29.6 Å². The maximum atomic E-state index is 15.0. The molecule has 15 heteroatoms. The molecule has 0 aliphatic rings. The van der Waals surface area contributed by atoms with E-state index >= 15 is 0 Å². The molecule has 0 saturated heterocycles. The summed E-state index contributed by atoms with van der Waals surface area (Å²) in [5.41, 5.74) is 6.22. The largest absolute Gasteiger partial charge is 0.573 e. The van der Waals surface area contributed by atoms with Crippen LogP contribution in [0.2, 0.25) is 0 Å². The summed E-state index contributed by atoms with van der Waals surface area (Å²) in [7, 11) is 0. The number of rotatable bonds is 9. The topological polar surface area (TPSA) is 103 Å². The Labute approximate surface area is 251 Å². The molecule has 1 heterocycles. The Morgan fingerprint density at radius 3 is 2.27 bits per heavy atom. The first-order chi connectivity index (χ1) is 20.7. The predicted molar refractivity (Wildman–Crippen MR) is 153 cm³/mol. The maximum Gasteiger partial charge on any atom is 0.573 e. The number of aliphatic hydroxyl groups is 1. The summed E-state index contributed by atoms with van der Waals surface area (Å²) in [4.78, 5) is 4.13. The number of nitrogens with two attached hydrogens (primary N) is 2. The Kier molecular flexibility index (Phi) is 9.51. The Bertz CT molecular complexity index is 1670. The van der Waals surface area contributed by atoms with E-state index in [2.05, 4.69) is 9.72 Å². The number of thioether (sulfide) groups is 1. The number of nitrogens with zero attached hydrogens (tertiary/aromatic N) is 3. The van der Waals surface area contributed by atoms with Gasteiger partial charge in [-0.2, -0.15) is 13.2 Å². The lowest BCUT2D eigenvalue weighted by Crippen LogP contribution is -2.31. The van der Waals surface area contributed by atoms with Gasteiger partial charge >= 0.3 is 12.5 Å². The SMILES string of the molecule is CCSc1cc(-c2ccc(-n3cc(C(F)(F)F)nc3C)c(N(N)/C(=C\N)c3ccc(OC(F)(F)F)cc3)c2)cc(F)c1CO. The van der Waals surface area contributed by atoms with Crippen molar-refractivity contribution >= 4 is 23.1 Å². The van der Waals surface area contributed by atoms with E-state index in [1.54, 1.807) is 12.1 Å². The highest BCUT2D eigenvalue weighted by Crippen LogP contribution is 2.38. The van der Waals surface area contributed by atoms with Crippen molar-refractivity contribution in [2.75, 3.05) is 10.8 Å². The van der Waals surface area contributed by atoms with Crippen molar-refractivity contribution in [3.05, 3.63) is 95.5 Å². The van der Waals surface area contributed by atoms with Gasteiger partial charge in [0.2, 0.25) is 0 Å². The van der Waals surface area contributed by atoms with Crippen LogP contribution in [0.25, 0.3) is 22.5 Å². The molecule has 0 aliphatic carbocycles. The summed E-state index contributed by atoms with van der Waals surface area (Å²) in [6, 6.07) is 12.0. The van der Waals surface area contributed by atoms with Crippen LogP contribution in [0.3, 0.4) is 0 Å². The van der Waals surface area contributed by atoms with Crippen LogP contribution in [-0.2, 0) is 12.8 Å². The van der Waals surface area contributed by atoms with Crippen LogP contribution < -0.4 is 21.3 Å². The van der Waals surface area contributed by atoms with Crippen LogP contribution in [-0.4, -0.2) is 26.8 Å². The van der Waals surface area contributed by atoms with Crippen LogP contribution in [0.5, 0.6) is 5.75 Å². The number of halogens is 7. The van der Waals surface area contributed by atoms with Gasteiger partial charge in [-0.3, -0.25) is 5.01 Å². The Hall–Kier alpha value is -4.21. The Morgan fingerprint density at radius 1 is 1.05 bits per heavy atom. The zero-order chi connectivity index (χ0) is 32.4. The van der Waals surface area contributed by atoms with E-state index in [-0.39, 0.29) is 34.0 Å². The van der Waals surface area contributed by atoms with Crippen LogP contribution in [0, 0.1) is 12.7 Å². The Balaban J connectivity index is 1.88. The number of hydrogen-bond acceptors (Lipinski definition) is 7. The smallest absolute Gasteiger partial charge is 0.406 e. The van der Waals surface area contributed by atoms with E-state index in [9.17, 15) is 35.8 Å². The lowest BCUT2D eigenvalue weighted by atomic mass is 10.0. The third kappa shape index (κ3) is 7.11. The summed E-state index contributed by atoms with van der Waals surface area (Å²) < 4.78 is 98.5. The van der Waals surface area contributed by atoms with E-state index in [0.29, 0.717) is 21.8 Å². The summed E-state index contributed by atoms with van der Waals surface area (Å²) in [5, 5.41) is 10.7. The van der Waals surface area contributed by atoms with Gasteiger partial charge in [-0.05, 0) is 72.3 Å². The lowest BCUT2D eigenvalue weighted by Gasteiger charge is -2.26. The van der Waals surface area contributed by atoms with E-state index in [1.165, 1.54) is 53.6 Å². The lowest BCUT2D eigenvalue weighted by molar-refractivity contribution is -0.274. The highest BCUT2D eigenvalue weighted by Gasteiger charge is 2.35. The van der Waals surface area contributed by atoms with E-state index in [1.807, 2.05) is 6.92 Å². The van der Waals surface area contributed by atoms with Gasteiger partial charge in [-0.1, -0.05) is 13.0 Å². The van der Waals surface area contributed by atoms with Gasteiger partial charge in [0.25, 0.3) is 0 Å². The highest BCUT2D eigenvalue weighted by atomic mass is 32.2. The first kappa shape index (κ1) is 32.7. The van der Waals surface area contributed by atoms with Gasteiger partial charge in [-0.25, -0.2) is 15.2 Å². The average molecular weight is 642 g/mol. The van der Waals surface area contributed by atoms with E-state index < -0.39 is 36.4 Å². The molecule has 4 rings (SSSR count). The van der Waals surface area contributed by atoms with Crippen LogP contribution >= 0.6 is 11.8 Å². The molecule has 0 atom stereocenters. The van der Waals surface area contributed by atoms with Gasteiger partial charge in [0, 0.05) is 28.4 Å². The zero-order valence-electron chi connectivity index (χ0n) is 23.2. The van der Waals surface area contributed by atoms with Gasteiger partial charge in [0.05, 0.1) is 23.7 Å². The van der Waals surface area contributed by atoms with Crippen molar-refractivity contribution in [3.63, 3.8) is 0 Å². The second-order valence-electron chi connectivity index (χ2n) is 9.26. The van der Waals surface area contributed by atoms with Crippen molar-refractivity contribution in [1.82, 2.24) is 9.55 Å². The fourth-order valence-corrected chi connectivity index (χ4v) is 5.30. The van der Waals surface area contributed by atoms with Crippen molar-refractivity contribution < 1.29 is 40.6 Å². The summed E-state index contributed by atoms with van der Waals surface area (Å²) in [6.45, 7) is 2.71. The quantitative estimate of drug-likeness (QED) is 0.0773. The number of anilines is 1. The second-order valence-corrected chi connectivity index (χ2v) is 10.6. The third-order valence-corrected chi connectivity index (χ3v) is 7.38. The maximum absolute atomic E-state index is 15.0. The number of aromatic nitrogens is 2. The zero-order valence-corrected chi connectivity index (χ0v) is 24.0. The third-order valence-electron chi connectivity index (χ3n) is 6.41. The first-order valence-electron chi connectivity index (χ1n) is 12.8. The second kappa shape index (κ2) is 12.8. The number of ether oxygens (including phenoxy) is 1. The number of alkyl halides is 6. The molecule has 0 amide bonds. The van der Waals surface area contributed by atoms with Gasteiger partial charge in [-0.15, -0.1) is 24.9 Å².